The maximum Gasteiger partial charge on any atom is 0.573 e. The topological polar surface area (TPSA) is 114 Å². The molecule has 0 aliphatic heterocycles. The number of carbonyl (C=O) groups is 2. The summed E-state index contributed by atoms with van der Waals surface area (Å²) in [6, 6.07) is 11.4. The van der Waals surface area contributed by atoms with E-state index in [4.69, 9.17) is 4.74 Å². The molecule has 1 atom stereocenters. The van der Waals surface area contributed by atoms with Crippen molar-refractivity contribution in [3.63, 3.8) is 0 Å². The molecule has 1 aromatic carbocycles. The molecule has 3 N–H and O–H groups in total. The van der Waals surface area contributed by atoms with Crippen LogP contribution in [0, 0.1) is 0 Å². The first kappa shape index (κ1) is 28.9. The third kappa shape index (κ3) is 9.65. The number of hydrogen-bond acceptors (Lipinski definition) is 8. The summed E-state index contributed by atoms with van der Waals surface area (Å²) < 4.78 is 46.3. The first-order chi connectivity index (χ1) is 18.2. The van der Waals surface area contributed by atoms with E-state index in [1.165, 1.54) is 18.3 Å². The number of halogens is 3. The number of rotatable bonds is 13. The standard InChI is InChI=1S/C25H26F3N5O4S/c1-2-36-15-14-30-16-21(34)33-23(17-9-12-29-13-10-17)38-24-20(4-3-11-31-24)22(35)32-18-5-7-19(8-6-18)37-25(26,27)28/h3-13,23,30H,2,14-16H2,1H3,(H,32,35)(H,33,34). The summed E-state index contributed by atoms with van der Waals surface area (Å²) in [6.07, 6.45) is -0.114. The van der Waals surface area contributed by atoms with Crippen LogP contribution in [-0.2, 0) is 9.53 Å². The van der Waals surface area contributed by atoms with Crippen LogP contribution in [0.5, 0.6) is 5.75 Å². The number of pyridine rings is 2. The van der Waals surface area contributed by atoms with Crippen LogP contribution in [0.25, 0.3) is 0 Å². The van der Waals surface area contributed by atoms with E-state index >= 15 is 0 Å². The average molecular weight is 550 g/mol. The lowest BCUT2D eigenvalue weighted by molar-refractivity contribution is -0.274. The molecule has 0 saturated heterocycles. The molecule has 202 valence electrons. The number of alkyl halides is 3. The van der Waals surface area contributed by atoms with Gasteiger partial charge in [0, 0.05) is 37.4 Å². The zero-order valence-electron chi connectivity index (χ0n) is 20.3. The van der Waals surface area contributed by atoms with Crippen LogP contribution in [-0.4, -0.2) is 54.4 Å². The van der Waals surface area contributed by atoms with E-state index in [1.807, 2.05) is 6.92 Å². The van der Waals surface area contributed by atoms with Gasteiger partial charge in [-0.15, -0.1) is 13.2 Å². The van der Waals surface area contributed by atoms with Crippen LogP contribution in [0.2, 0.25) is 0 Å². The van der Waals surface area contributed by atoms with Crippen LogP contribution < -0.4 is 20.7 Å². The largest absolute Gasteiger partial charge is 0.573 e. The predicted octanol–water partition coefficient (Wildman–Crippen LogP) is 4.16. The summed E-state index contributed by atoms with van der Waals surface area (Å²) in [7, 11) is 0. The zero-order chi connectivity index (χ0) is 27.4. The molecule has 38 heavy (non-hydrogen) atoms. The summed E-state index contributed by atoms with van der Waals surface area (Å²) in [5.74, 6) is -1.20. The Balaban J connectivity index is 1.71. The van der Waals surface area contributed by atoms with Crippen molar-refractivity contribution < 1.29 is 32.2 Å². The number of nitrogens with zero attached hydrogens (tertiary/aromatic N) is 2. The van der Waals surface area contributed by atoms with Gasteiger partial charge < -0.3 is 25.4 Å². The minimum absolute atomic E-state index is 0.0683. The number of benzene rings is 1. The number of aromatic nitrogens is 2. The summed E-state index contributed by atoms with van der Waals surface area (Å²) in [6.45, 7) is 3.54. The highest BCUT2D eigenvalue weighted by atomic mass is 32.2. The van der Waals surface area contributed by atoms with Gasteiger partial charge in [0.1, 0.15) is 16.1 Å². The van der Waals surface area contributed by atoms with E-state index in [1.54, 1.807) is 36.7 Å². The van der Waals surface area contributed by atoms with Crippen molar-refractivity contribution in [3.8, 4) is 5.75 Å². The van der Waals surface area contributed by atoms with Crippen molar-refractivity contribution in [2.75, 3.05) is 31.6 Å². The Hall–Kier alpha value is -3.68. The third-order valence-corrected chi connectivity index (χ3v) is 5.98. The molecule has 0 fully saturated rings. The molecule has 9 nitrogen and oxygen atoms in total. The lowest BCUT2D eigenvalue weighted by Crippen LogP contribution is -2.36. The molecule has 0 aliphatic carbocycles. The molecule has 0 spiro atoms. The zero-order valence-corrected chi connectivity index (χ0v) is 21.1. The van der Waals surface area contributed by atoms with E-state index in [9.17, 15) is 22.8 Å². The van der Waals surface area contributed by atoms with Crippen molar-refractivity contribution in [2.45, 2.75) is 23.7 Å². The van der Waals surface area contributed by atoms with Crippen LogP contribution in [0.15, 0.2) is 72.1 Å². The smallest absolute Gasteiger partial charge is 0.406 e. The van der Waals surface area contributed by atoms with Gasteiger partial charge in [0.25, 0.3) is 5.91 Å². The van der Waals surface area contributed by atoms with Gasteiger partial charge in [0.05, 0.1) is 18.7 Å². The SMILES string of the molecule is CCOCCNCC(=O)NC(Sc1ncccc1C(=O)Nc1ccc(OC(F)(F)F)cc1)c1ccncc1. The maximum absolute atomic E-state index is 13.0. The van der Waals surface area contributed by atoms with E-state index in [2.05, 4.69) is 30.7 Å². The van der Waals surface area contributed by atoms with Gasteiger partial charge in [0.15, 0.2) is 0 Å². The van der Waals surface area contributed by atoms with Gasteiger partial charge in [-0.25, -0.2) is 4.98 Å². The lowest BCUT2D eigenvalue weighted by Gasteiger charge is -2.20. The number of anilines is 1. The molecule has 3 rings (SSSR count). The number of amides is 2. The summed E-state index contributed by atoms with van der Waals surface area (Å²) in [5.41, 5.74) is 1.22. The van der Waals surface area contributed by atoms with Gasteiger partial charge in [-0.2, -0.15) is 0 Å². The summed E-state index contributed by atoms with van der Waals surface area (Å²) in [5, 5.41) is 8.33. The minimum Gasteiger partial charge on any atom is -0.406 e. The number of hydrogen-bond donors (Lipinski definition) is 3. The fourth-order valence-corrected chi connectivity index (χ4v) is 4.23. The monoisotopic (exact) mass is 549 g/mol. The van der Waals surface area contributed by atoms with E-state index in [0.29, 0.717) is 24.8 Å². The Morgan fingerprint density at radius 2 is 1.79 bits per heavy atom. The quantitative estimate of drug-likeness (QED) is 0.166. The Morgan fingerprint density at radius 1 is 1.05 bits per heavy atom. The average Bonchev–Trinajstić information content (AvgIpc) is 2.89. The molecule has 1 unspecified atom stereocenters. The van der Waals surface area contributed by atoms with Crippen molar-refractivity contribution in [3.05, 3.63) is 78.2 Å². The van der Waals surface area contributed by atoms with Gasteiger partial charge in [-0.1, -0.05) is 11.8 Å². The van der Waals surface area contributed by atoms with Gasteiger partial charge in [-0.05, 0) is 61.0 Å². The second-order valence-corrected chi connectivity index (χ2v) is 8.70. The van der Waals surface area contributed by atoms with E-state index < -0.39 is 23.4 Å². The molecule has 13 heteroatoms. The summed E-state index contributed by atoms with van der Waals surface area (Å²) in [4.78, 5) is 34.0. The Labute approximate surface area is 221 Å². The van der Waals surface area contributed by atoms with Gasteiger partial charge in [0.2, 0.25) is 5.91 Å². The molecular formula is C25H26F3N5O4S. The molecular weight excluding hydrogens is 523 g/mol. The second-order valence-electron chi connectivity index (χ2n) is 7.60. The first-order valence-corrected chi connectivity index (χ1v) is 12.4. The van der Waals surface area contributed by atoms with Crippen LogP contribution in [0.1, 0.15) is 28.2 Å². The third-order valence-electron chi connectivity index (χ3n) is 4.80. The predicted molar refractivity (Wildman–Crippen MR) is 136 cm³/mol. The molecule has 2 aromatic heterocycles. The minimum atomic E-state index is -4.81. The number of ether oxygens (including phenoxy) is 2. The molecule has 0 radical (unpaired) electrons. The van der Waals surface area contributed by atoms with Gasteiger partial charge in [-0.3, -0.25) is 14.6 Å². The highest BCUT2D eigenvalue weighted by molar-refractivity contribution is 7.99. The van der Waals surface area contributed by atoms with Crippen LogP contribution >= 0.6 is 11.8 Å². The van der Waals surface area contributed by atoms with Crippen LogP contribution in [0.4, 0.5) is 18.9 Å². The Bertz CT molecular complexity index is 1180. The molecule has 3 aromatic rings. The highest BCUT2D eigenvalue weighted by Crippen LogP contribution is 2.34. The van der Waals surface area contributed by atoms with Crippen molar-refractivity contribution >= 4 is 29.3 Å². The van der Waals surface area contributed by atoms with E-state index in [0.717, 1.165) is 29.5 Å². The fraction of sp³-hybridized carbons (Fsp3) is 0.280. The van der Waals surface area contributed by atoms with Crippen molar-refractivity contribution in [1.29, 1.82) is 0 Å². The lowest BCUT2D eigenvalue weighted by atomic mass is 10.2. The maximum atomic E-state index is 13.0. The normalized spacial score (nSPS) is 12.0. The Kier molecular flexibility index (Phi) is 10.9. The highest BCUT2D eigenvalue weighted by Gasteiger charge is 2.31. The van der Waals surface area contributed by atoms with E-state index in [-0.39, 0.29) is 23.7 Å². The summed E-state index contributed by atoms with van der Waals surface area (Å²) >= 11 is 1.16. The molecule has 0 saturated carbocycles. The number of carbonyl (C=O) groups excluding carboxylic acids is 2. The molecule has 0 bridgehead atoms. The number of nitrogens with one attached hydrogen (secondary N) is 3. The molecule has 2 amide bonds. The second kappa shape index (κ2) is 14.3. The molecule has 2 heterocycles. The van der Waals surface area contributed by atoms with Crippen molar-refractivity contribution in [2.24, 2.45) is 0 Å². The first-order valence-electron chi connectivity index (χ1n) is 11.5. The molecule has 0 aliphatic rings. The number of thioether (sulfide) groups is 1. The Morgan fingerprint density at radius 3 is 2.47 bits per heavy atom. The fourth-order valence-electron chi connectivity index (χ4n) is 3.11. The van der Waals surface area contributed by atoms with Gasteiger partial charge >= 0.3 is 6.36 Å². The van der Waals surface area contributed by atoms with Crippen molar-refractivity contribution in [1.82, 2.24) is 20.6 Å². The van der Waals surface area contributed by atoms with Crippen LogP contribution in [0.3, 0.4) is 0 Å².